The summed E-state index contributed by atoms with van der Waals surface area (Å²) in [5.74, 6) is -1.01. The zero-order chi connectivity index (χ0) is 23.6. The molecule has 33 heavy (non-hydrogen) atoms. The van der Waals surface area contributed by atoms with Gasteiger partial charge in [0.1, 0.15) is 17.9 Å². The highest BCUT2D eigenvalue weighted by atomic mass is 32.2. The molecular formula is C23H24N2O6S2. The lowest BCUT2D eigenvalue weighted by Gasteiger charge is -2.33. The maximum atomic E-state index is 13.7. The van der Waals surface area contributed by atoms with Crippen LogP contribution in [0.3, 0.4) is 0 Å². The molecule has 2 aromatic carbocycles. The molecule has 0 aliphatic carbocycles. The van der Waals surface area contributed by atoms with Crippen molar-refractivity contribution in [2.75, 3.05) is 13.7 Å². The maximum Gasteiger partial charge on any atom is 0.262 e. The van der Waals surface area contributed by atoms with Crippen molar-refractivity contribution in [2.45, 2.75) is 29.4 Å². The summed E-state index contributed by atoms with van der Waals surface area (Å²) in [5.41, 5.74) is 3.23. The van der Waals surface area contributed by atoms with Gasteiger partial charge in [0, 0.05) is 17.3 Å². The zero-order valence-corrected chi connectivity index (χ0v) is 19.4. The zero-order valence-electron chi connectivity index (χ0n) is 17.8. The lowest BCUT2D eigenvalue weighted by Crippen LogP contribution is -2.52. The van der Waals surface area contributed by atoms with Crippen LogP contribution in [-0.4, -0.2) is 48.6 Å². The Labute approximate surface area is 196 Å². The van der Waals surface area contributed by atoms with Crippen molar-refractivity contribution in [1.82, 2.24) is 9.79 Å². The highest BCUT2D eigenvalue weighted by Gasteiger charge is 2.46. The van der Waals surface area contributed by atoms with Gasteiger partial charge in [-0.25, -0.2) is 13.9 Å². The number of carbonyl (C=O) groups excluding carboxylic acids is 1. The molecule has 0 spiro atoms. The van der Waals surface area contributed by atoms with Gasteiger partial charge in [0.15, 0.2) is 0 Å². The lowest BCUT2D eigenvalue weighted by molar-refractivity contribution is -0.134. The summed E-state index contributed by atoms with van der Waals surface area (Å²) < 4.78 is 33.5. The molecule has 10 heteroatoms. The lowest BCUT2D eigenvalue weighted by atomic mass is 9.86. The van der Waals surface area contributed by atoms with Crippen LogP contribution in [0.5, 0.6) is 5.75 Å². The van der Waals surface area contributed by atoms with Crippen molar-refractivity contribution in [3.63, 3.8) is 0 Å². The second-order valence-electron chi connectivity index (χ2n) is 7.72. The Morgan fingerprint density at radius 2 is 1.85 bits per heavy atom. The standard InChI is InChI=1S/C23H24N2O6S2/c1-31-16-7-9-17(10-8-16)33(29,30)25-14-20(26)22-18(11-12-32-22)19(21(25)23(27)24-28)13-15-5-3-2-4-6-15/h2-12,19-21,26,28H,13-14H2,1H3,(H,24,27). The third-order valence-corrected chi connectivity index (χ3v) is 8.71. The summed E-state index contributed by atoms with van der Waals surface area (Å²) in [6.07, 6.45) is -0.785. The number of aliphatic hydroxyl groups is 1. The van der Waals surface area contributed by atoms with Crippen LogP contribution < -0.4 is 10.2 Å². The monoisotopic (exact) mass is 488 g/mol. The fraction of sp³-hybridized carbons (Fsp3) is 0.261. The second kappa shape index (κ2) is 9.62. The summed E-state index contributed by atoms with van der Waals surface area (Å²) in [6, 6.07) is 15.7. The number of methoxy groups -OCH3 is 1. The van der Waals surface area contributed by atoms with Crippen LogP contribution in [0, 0.1) is 0 Å². The number of rotatable bonds is 6. The number of β-amino-alcohol motifs (C(OH)–C–C–N with tert-alkyl or cyclic N) is 1. The largest absolute Gasteiger partial charge is 0.497 e. The van der Waals surface area contributed by atoms with Crippen LogP contribution in [0.25, 0.3) is 0 Å². The van der Waals surface area contributed by atoms with Gasteiger partial charge in [0.05, 0.1) is 12.0 Å². The molecule has 0 radical (unpaired) electrons. The summed E-state index contributed by atoms with van der Waals surface area (Å²) in [5, 5.41) is 22.3. The molecule has 3 N–H and O–H groups in total. The Morgan fingerprint density at radius 3 is 2.48 bits per heavy atom. The predicted octanol–water partition coefficient (Wildman–Crippen LogP) is 2.69. The fourth-order valence-electron chi connectivity index (χ4n) is 4.25. The fourth-order valence-corrected chi connectivity index (χ4v) is 6.82. The summed E-state index contributed by atoms with van der Waals surface area (Å²) in [6.45, 7) is -0.328. The average Bonchev–Trinajstić information content (AvgIpc) is 3.29. The minimum atomic E-state index is -4.22. The van der Waals surface area contributed by atoms with Crippen molar-refractivity contribution in [1.29, 1.82) is 0 Å². The summed E-state index contributed by atoms with van der Waals surface area (Å²) >= 11 is 1.31. The van der Waals surface area contributed by atoms with Crippen molar-refractivity contribution >= 4 is 27.3 Å². The molecule has 2 heterocycles. The number of nitrogens with zero attached hydrogens (tertiary/aromatic N) is 1. The Kier molecular flexibility index (Phi) is 6.82. The van der Waals surface area contributed by atoms with Crippen LogP contribution in [0.15, 0.2) is 70.9 Å². The molecule has 0 saturated heterocycles. The van der Waals surface area contributed by atoms with E-state index in [9.17, 15) is 23.5 Å². The van der Waals surface area contributed by atoms with Crippen molar-refractivity contribution in [2.24, 2.45) is 0 Å². The number of ether oxygens (including phenoxy) is 1. The maximum absolute atomic E-state index is 13.7. The molecule has 174 valence electrons. The Hall–Kier alpha value is -2.76. The van der Waals surface area contributed by atoms with E-state index in [0.29, 0.717) is 22.6 Å². The van der Waals surface area contributed by atoms with Gasteiger partial charge in [-0.2, -0.15) is 4.31 Å². The molecule has 1 aromatic heterocycles. The van der Waals surface area contributed by atoms with Gasteiger partial charge in [-0.15, -0.1) is 11.3 Å². The van der Waals surface area contributed by atoms with Crippen LogP contribution >= 0.6 is 11.3 Å². The first-order chi connectivity index (χ1) is 15.9. The smallest absolute Gasteiger partial charge is 0.262 e. The highest BCUT2D eigenvalue weighted by molar-refractivity contribution is 7.89. The van der Waals surface area contributed by atoms with Gasteiger partial charge in [0.2, 0.25) is 10.0 Å². The van der Waals surface area contributed by atoms with Gasteiger partial charge in [-0.3, -0.25) is 10.0 Å². The third-order valence-electron chi connectivity index (χ3n) is 5.82. The summed E-state index contributed by atoms with van der Waals surface area (Å²) in [4.78, 5) is 13.5. The molecule has 0 fully saturated rings. The first-order valence-electron chi connectivity index (χ1n) is 10.3. The molecule has 8 nitrogen and oxygen atoms in total. The number of amides is 1. The Morgan fingerprint density at radius 1 is 1.15 bits per heavy atom. The first-order valence-corrected chi connectivity index (χ1v) is 12.6. The molecule has 4 rings (SSSR count). The van der Waals surface area contributed by atoms with Gasteiger partial charge in [-0.1, -0.05) is 30.3 Å². The van der Waals surface area contributed by atoms with E-state index in [1.807, 2.05) is 35.7 Å². The number of hydroxylamine groups is 1. The number of aliphatic hydroxyl groups excluding tert-OH is 1. The molecule has 0 bridgehead atoms. The normalized spacial score (nSPS) is 21.1. The quantitative estimate of drug-likeness (QED) is 0.363. The SMILES string of the molecule is COc1ccc(S(=O)(=O)N2CC(O)c3sccc3C(Cc3ccccc3)C2C(=O)NO)cc1. The molecule has 3 unspecified atom stereocenters. The van der Waals surface area contributed by atoms with E-state index in [0.717, 1.165) is 9.87 Å². The number of hydrogen-bond acceptors (Lipinski definition) is 7. The van der Waals surface area contributed by atoms with Gasteiger partial charge in [-0.05, 0) is 53.3 Å². The second-order valence-corrected chi connectivity index (χ2v) is 10.6. The third kappa shape index (κ3) is 4.53. The van der Waals surface area contributed by atoms with Gasteiger partial charge in [0.25, 0.3) is 5.91 Å². The number of nitrogens with one attached hydrogen (secondary N) is 1. The molecule has 3 atom stereocenters. The van der Waals surface area contributed by atoms with E-state index < -0.39 is 34.0 Å². The Bertz CT molecular complexity index is 1210. The van der Waals surface area contributed by atoms with Crippen LogP contribution in [-0.2, 0) is 21.2 Å². The van der Waals surface area contributed by atoms with Crippen LogP contribution in [0.2, 0.25) is 0 Å². The van der Waals surface area contributed by atoms with Crippen molar-refractivity contribution in [3.8, 4) is 5.75 Å². The molecule has 0 saturated carbocycles. The van der Waals surface area contributed by atoms with Crippen LogP contribution in [0.4, 0.5) is 0 Å². The molecule has 1 amide bonds. The number of sulfonamides is 1. The molecule has 1 aliphatic rings. The van der Waals surface area contributed by atoms with Crippen molar-refractivity contribution < 1.29 is 28.3 Å². The number of fused-ring (bicyclic) bond motifs is 1. The minimum absolute atomic E-state index is 0.0463. The van der Waals surface area contributed by atoms with Gasteiger partial charge < -0.3 is 9.84 Å². The average molecular weight is 489 g/mol. The van der Waals surface area contributed by atoms with E-state index in [4.69, 9.17) is 4.74 Å². The predicted molar refractivity (Wildman–Crippen MR) is 123 cm³/mol. The number of thiophene rings is 1. The van der Waals surface area contributed by atoms with E-state index >= 15 is 0 Å². The topological polar surface area (TPSA) is 116 Å². The van der Waals surface area contributed by atoms with Crippen LogP contribution in [0.1, 0.15) is 28.0 Å². The number of carbonyl (C=O) groups is 1. The van der Waals surface area contributed by atoms with Gasteiger partial charge >= 0.3 is 0 Å². The highest BCUT2D eigenvalue weighted by Crippen LogP contribution is 2.41. The first kappa shape index (κ1) is 23.4. The van der Waals surface area contributed by atoms with E-state index in [1.54, 1.807) is 11.5 Å². The summed E-state index contributed by atoms with van der Waals surface area (Å²) in [7, 11) is -2.74. The molecule has 1 aliphatic heterocycles. The molecular weight excluding hydrogens is 464 g/mol. The Balaban J connectivity index is 1.85. The number of benzene rings is 2. The molecule has 3 aromatic rings. The minimum Gasteiger partial charge on any atom is -0.497 e. The number of hydrogen-bond donors (Lipinski definition) is 3. The van der Waals surface area contributed by atoms with Crippen molar-refractivity contribution in [3.05, 3.63) is 82.0 Å². The van der Waals surface area contributed by atoms with E-state index in [2.05, 4.69) is 0 Å². The van der Waals surface area contributed by atoms with E-state index in [-0.39, 0.29) is 11.4 Å². The van der Waals surface area contributed by atoms with E-state index in [1.165, 1.54) is 42.7 Å².